The maximum absolute atomic E-state index is 11.9. The molecule has 0 aromatic heterocycles. The third kappa shape index (κ3) is 5.38. The number of carbonyl (C=O) groups is 1. The molecule has 0 unspecified atom stereocenters. The van der Waals surface area contributed by atoms with Gasteiger partial charge in [-0.05, 0) is 51.3 Å². The van der Waals surface area contributed by atoms with Gasteiger partial charge in [-0.25, -0.2) is 0 Å². The van der Waals surface area contributed by atoms with Crippen LogP contribution in [0.25, 0.3) is 0 Å². The van der Waals surface area contributed by atoms with Crippen LogP contribution in [0.4, 0.5) is 5.69 Å². The minimum atomic E-state index is 0.0753. The molecule has 1 saturated carbocycles. The molecule has 116 valence electrons. The molecule has 1 aliphatic carbocycles. The Bertz CT molecular complexity index is 452. The first-order chi connectivity index (χ1) is 10.1. The Labute approximate surface area is 127 Å². The summed E-state index contributed by atoms with van der Waals surface area (Å²) in [5, 5.41) is 6.45. The third-order valence-electron chi connectivity index (χ3n) is 3.64. The monoisotopic (exact) mass is 289 g/mol. The Kier molecular flexibility index (Phi) is 5.62. The Hall–Kier alpha value is -1.55. The molecule has 1 amide bonds. The zero-order chi connectivity index (χ0) is 15.2. The van der Waals surface area contributed by atoms with Gasteiger partial charge in [0.05, 0.1) is 6.54 Å². The first kappa shape index (κ1) is 15.8. The Morgan fingerprint density at radius 1 is 1.29 bits per heavy atom. The van der Waals surface area contributed by atoms with Gasteiger partial charge in [0, 0.05) is 30.9 Å². The van der Waals surface area contributed by atoms with Crippen LogP contribution in [0.1, 0.15) is 39.2 Å². The van der Waals surface area contributed by atoms with E-state index in [-0.39, 0.29) is 11.9 Å². The molecule has 2 rings (SSSR count). The number of nitrogens with zero attached hydrogens (tertiary/aromatic N) is 1. The minimum Gasteiger partial charge on any atom is -0.363 e. The van der Waals surface area contributed by atoms with Crippen molar-refractivity contribution in [3.8, 4) is 0 Å². The number of carbonyl (C=O) groups excluding carboxylic acids is 1. The van der Waals surface area contributed by atoms with Gasteiger partial charge >= 0.3 is 0 Å². The predicted molar refractivity (Wildman–Crippen MR) is 87.5 cm³/mol. The molecule has 0 aliphatic heterocycles. The van der Waals surface area contributed by atoms with Gasteiger partial charge in [-0.2, -0.15) is 0 Å². The van der Waals surface area contributed by atoms with E-state index in [0.717, 1.165) is 24.8 Å². The van der Waals surface area contributed by atoms with Crippen LogP contribution in [0.15, 0.2) is 24.3 Å². The molecule has 1 aromatic carbocycles. The van der Waals surface area contributed by atoms with Crippen LogP contribution in [0.5, 0.6) is 0 Å². The van der Waals surface area contributed by atoms with Crippen LogP contribution >= 0.6 is 0 Å². The van der Waals surface area contributed by atoms with Gasteiger partial charge in [0.1, 0.15) is 0 Å². The lowest BCUT2D eigenvalue weighted by Crippen LogP contribution is -2.40. The molecular weight excluding hydrogens is 262 g/mol. The normalized spacial score (nSPS) is 14.3. The highest BCUT2D eigenvalue weighted by atomic mass is 16.2. The van der Waals surface area contributed by atoms with E-state index in [1.54, 1.807) is 0 Å². The highest BCUT2D eigenvalue weighted by molar-refractivity contribution is 5.81. The number of hydrogen-bond donors (Lipinski definition) is 2. The van der Waals surface area contributed by atoms with Crippen LogP contribution < -0.4 is 15.5 Å². The van der Waals surface area contributed by atoms with Gasteiger partial charge < -0.3 is 15.5 Å². The summed E-state index contributed by atoms with van der Waals surface area (Å²) in [6, 6.07) is 9.43. The summed E-state index contributed by atoms with van der Waals surface area (Å²) < 4.78 is 0. The summed E-state index contributed by atoms with van der Waals surface area (Å²) in [6.07, 6.45) is 2.62. The molecule has 2 N–H and O–H groups in total. The van der Waals surface area contributed by atoms with E-state index >= 15 is 0 Å². The van der Waals surface area contributed by atoms with Gasteiger partial charge in [0.2, 0.25) is 5.91 Å². The van der Waals surface area contributed by atoms with Crippen molar-refractivity contribution in [1.29, 1.82) is 0 Å². The number of likely N-dealkylation sites (N-methyl/N-ethyl adjacent to an activating group) is 1. The zero-order valence-electron chi connectivity index (χ0n) is 13.4. The first-order valence-corrected chi connectivity index (χ1v) is 7.95. The molecule has 4 heteroatoms. The van der Waals surface area contributed by atoms with Crippen molar-refractivity contribution in [3.63, 3.8) is 0 Å². The third-order valence-corrected chi connectivity index (χ3v) is 3.64. The first-order valence-electron chi connectivity index (χ1n) is 7.95. The lowest BCUT2D eigenvalue weighted by molar-refractivity contribution is -0.120. The summed E-state index contributed by atoms with van der Waals surface area (Å²) in [6.45, 7) is 8.21. The molecule has 0 spiro atoms. The van der Waals surface area contributed by atoms with Crippen LogP contribution in [0.3, 0.4) is 0 Å². The molecule has 0 heterocycles. The van der Waals surface area contributed by atoms with E-state index in [4.69, 9.17) is 0 Å². The van der Waals surface area contributed by atoms with Gasteiger partial charge in [-0.15, -0.1) is 0 Å². The smallest absolute Gasteiger partial charge is 0.239 e. The van der Waals surface area contributed by atoms with Crippen molar-refractivity contribution in [2.45, 2.75) is 52.2 Å². The Morgan fingerprint density at radius 2 is 1.95 bits per heavy atom. The van der Waals surface area contributed by atoms with Crippen LogP contribution in [-0.4, -0.2) is 31.1 Å². The van der Waals surface area contributed by atoms with E-state index in [1.165, 1.54) is 18.4 Å². The number of hydrogen-bond acceptors (Lipinski definition) is 3. The van der Waals surface area contributed by atoms with E-state index in [9.17, 15) is 4.79 Å². The lowest BCUT2D eigenvalue weighted by atomic mass is 10.2. The number of rotatable bonds is 8. The summed E-state index contributed by atoms with van der Waals surface area (Å²) in [4.78, 5) is 14.0. The molecular formula is C17H27N3O. The molecule has 1 aliphatic rings. The lowest BCUT2D eigenvalue weighted by Gasteiger charge is -2.23. The molecule has 0 radical (unpaired) electrons. The second kappa shape index (κ2) is 7.46. The average Bonchev–Trinajstić information content (AvgIpc) is 3.26. The number of anilines is 1. The Balaban J connectivity index is 1.89. The van der Waals surface area contributed by atoms with Crippen molar-refractivity contribution in [2.24, 2.45) is 0 Å². The molecule has 0 atom stereocenters. The molecule has 1 fully saturated rings. The predicted octanol–water partition coefficient (Wildman–Crippen LogP) is 2.29. The topological polar surface area (TPSA) is 44.4 Å². The Morgan fingerprint density at radius 3 is 2.48 bits per heavy atom. The molecule has 21 heavy (non-hydrogen) atoms. The fraction of sp³-hybridized carbons (Fsp3) is 0.588. The second-order valence-corrected chi connectivity index (χ2v) is 6.06. The zero-order valence-corrected chi connectivity index (χ0v) is 13.4. The second-order valence-electron chi connectivity index (χ2n) is 6.06. The summed E-state index contributed by atoms with van der Waals surface area (Å²) >= 11 is 0. The van der Waals surface area contributed by atoms with Crippen molar-refractivity contribution >= 4 is 11.6 Å². The highest BCUT2D eigenvalue weighted by Crippen LogP contribution is 2.20. The minimum absolute atomic E-state index is 0.0753. The number of nitrogens with one attached hydrogen (secondary N) is 2. The van der Waals surface area contributed by atoms with Gasteiger partial charge in [-0.3, -0.25) is 4.79 Å². The number of benzene rings is 1. The van der Waals surface area contributed by atoms with Gasteiger partial charge in [-0.1, -0.05) is 12.1 Å². The summed E-state index contributed by atoms with van der Waals surface area (Å²) in [5.41, 5.74) is 2.40. The molecule has 0 bridgehead atoms. The van der Waals surface area contributed by atoms with Crippen molar-refractivity contribution in [3.05, 3.63) is 29.8 Å². The van der Waals surface area contributed by atoms with Crippen molar-refractivity contribution in [1.82, 2.24) is 10.6 Å². The van der Waals surface area contributed by atoms with Crippen molar-refractivity contribution < 1.29 is 4.79 Å². The van der Waals surface area contributed by atoms with Crippen LogP contribution in [0, 0.1) is 0 Å². The summed E-state index contributed by atoms with van der Waals surface area (Å²) in [7, 11) is 0. The largest absolute Gasteiger partial charge is 0.363 e. The van der Waals surface area contributed by atoms with E-state index in [1.807, 2.05) is 13.8 Å². The standard InChI is InChI=1S/C17H27N3O/c1-4-20(12-17(21)19-13(2)3)16-9-5-14(6-10-16)11-18-15-7-8-15/h5-6,9-10,13,15,18H,4,7-8,11-12H2,1-3H3,(H,19,21). The molecule has 4 nitrogen and oxygen atoms in total. The maximum atomic E-state index is 11.9. The maximum Gasteiger partial charge on any atom is 0.239 e. The number of amides is 1. The highest BCUT2D eigenvalue weighted by Gasteiger charge is 2.19. The fourth-order valence-electron chi connectivity index (χ4n) is 2.30. The average molecular weight is 289 g/mol. The van der Waals surface area contributed by atoms with E-state index in [2.05, 4.69) is 46.7 Å². The summed E-state index contributed by atoms with van der Waals surface area (Å²) in [5.74, 6) is 0.0753. The van der Waals surface area contributed by atoms with Gasteiger partial charge in [0.25, 0.3) is 0 Å². The van der Waals surface area contributed by atoms with Crippen LogP contribution in [0.2, 0.25) is 0 Å². The molecule has 0 saturated heterocycles. The fourth-order valence-corrected chi connectivity index (χ4v) is 2.30. The van der Waals surface area contributed by atoms with Gasteiger partial charge in [0.15, 0.2) is 0 Å². The van der Waals surface area contributed by atoms with E-state index in [0.29, 0.717) is 6.54 Å². The van der Waals surface area contributed by atoms with Crippen molar-refractivity contribution in [2.75, 3.05) is 18.0 Å². The molecule has 1 aromatic rings. The SMILES string of the molecule is CCN(CC(=O)NC(C)C)c1ccc(CNC2CC2)cc1. The van der Waals surface area contributed by atoms with E-state index < -0.39 is 0 Å². The quantitative estimate of drug-likeness (QED) is 0.772. The van der Waals surface area contributed by atoms with Crippen LogP contribution in [-0.2, 0) is 11.3 Å².